The molecule has 3 heterocycles. The second-order valence-electron chi connectivity index (χ2n) is 8.59. The van der Waals surface area contributed by atoms with Gasteiger partial charge in [0.2, 0.25) is 17.8 Å². The van der Waals surface area contributed by atoms with Crippen molar-refractivity contribution in [2.75, 3.05) is 45.2 Å². The molecule has 1 aliphatic heterocycles. The number of nitrogens with zero attached hydrogens (tertiary/aromatic N) is 8. The van der Waals surface area contributed by atoms with Crippen molar-refractivity contribution >= 4 is 17.8 Å². The second kappa shape index (κ2) is 9.96. The Balaban J connectivity index is 1.44. The maximum Gasteiger partial charge on any atom is 0.245 e. The molecule has 0 spiro atoms. The molecule has 1 atom stereocenters. The van der Waals surface area contributed by atoms with E-state index in [1.54, 1.807) is 32.7 Å². The quantitative estimate of drug-likeness (QED) is 0.536. The lowest BCUT2D eigenvalue weighted by Gasteiger charge is -2.37. The summed E-state index contributed by atoms with van der Waals surface area (Å²) in [6, 6.07) is 7.50. The predicted octanol–water partition coefficient (Wildman–Crippen LogP) is 0.480. The van der Waals surface area contributed by atoms with Gasteiger partial charge in [0, 0.05) is 57.6 Å². The van der Waals surface area contributed by atoms with Gasteiger partial charge < -0.3 is 15.5 Å². The van der Waals surface area contributed by atoms with Crippen LogP contribution in [0.25, 0.3) is 11.3 Å². The van der Waals surface area contributed by atoms with E-state index in [1.807, 2.05) is 36.1 Å². The Morgan fingerprint density at radius 3 is 2.44 bits per heavy atom. The molecule has 1 aromatic carbocycles. The van der Waals surface area contributed by atoms with E-state index in [2.05, 4.69) is 20.2 Å². The number of amides is 2. The highest BCUT2D eigenvalue weighted by molar-refractivity contribution is 5.81. The molecule has 1 unspecified atom stereocenters. The van der Waals surface area contributed by atoms with E-state index in [0.717, 1.165) is 11.3 Å². The lowest BCUT2D eigenvalue weighted by Crippen LogP contribution is -2.50. The Morgan fingerprint density at radius 1 is 1.09 bits per heavy atom. The molecule has 2 N–H and O–H groups in total. The molecule has 2 aromatic heterocycles. The topological polar surface area (TPSA) is 126 Å². The van der Waals surface area contributed by atoms with Crippen LogP contribution in [-0.4, -0.2) is 86.9 Å². The number of anilines is 1. The van der Waals surface area contributed by atoms with Gasteiger partial charge in [-0.2, -0.15) is 10.2 Å². The SMILES string of the molecule is Cc1ccc(-c2cnnc(N3CCN(C(C(N)=O)c4cnn(CC(=O)N(C)C)c4)CC3)n2)cc1. The maximum absolute atomic E-state index is 12.3. The molecule has 178 valence electrons. The number of benzene rings is 1. The van der Waals surface area contributed by atoms with Crippen LogP contribution in [-0.2, 0) is 16.1 Å². The fourth-order valence-electron chi connectivity index (χ4n) is 3.91. The Kier molecular flexibility index (Phi) is 6.82. The molecule has 11 nitrogen and oxygen atoms in total. The number of carbonyl (C=O) groups excluding carboxylic acids is 2. The zero-order valence-corrected chi connectivity index (χ0v) is 19.6. The van der Waals surface area contributed by atoms with Crippen LogP contribution in [0.2, 0.25) is 0 Å². The smallest absolute Gasteiger partial charge is 0.245 e. The molecule has 0 bridgehead atoms. The lowest BCUT2D eigenvalue weighted by atomic mass is 10.1. The van der Waals surface area contributed by atoms with Gasteiger partial charge in [-0.25, -0.2) is 4.98 Å². The second-order valence-corrected chi connectivity index (χ2v) is 8.59. The number of piperazine rings is 1. The summed E-state index contributed by atoms with van der Waals surface area (Å²) in [5.74, 6) is 0.0231. The normalized spacial score (nSPS) is 15.2. The summed E-state index contributed by atoms with van der Waals surface area (Å²) in [6.07, 6.45) is 4.97. The van der Waals surface area contributed by atoms with Crippen LogP contribution >= 0.6 is 0 Å². The van der Waals surface area contributed by atoms with E-state index < -0.39 is 11.9 Å². The molecule has 0 aliphatic carbocycles. The highest BCUT2D eigenvalue weighted by Gasteiger charge is 2.31. The highest BCUT2D eigenvalue weighted by Crippen LogP contribution is 2.24. The van der Waals surface area contributed by atoms with Gasteiger partial charge in [0.05, 0.1) is 18.1 Å². The van der Waals surface area contributed by atoms with Crippen molar-refractivity contribution < 1.29 is 9.59 Å². The molecule has 34 heavy (non-hydrogen) atoms. The molecule has 0 saturated carbocycles. The molecule has 3 aromatic rings. The Bertz CT molecular complexity index is 1150. The van der Waals surface area contributed by atoms with Crippen molar-refractivity contribution in [3.05, 3.63) is 54.0 Å². The number of hydrogen-bond donors (Lipinski definition) is 1. The molecule has 4 rings (SSSR count). The summed E-state index contributed by atoms with van der Waals surface area (Å²) in [4.78, 5) is 34.6. The average Bonchev–Trinajstić information content (AvgIpc) is 3.27. The number of primary amides is 1. The largest absolute Gasteiger partial charge is 0.368 e. The van der Waals surface area contributed by atoms with Gasteiger partial charge in [-0.05, 0) is 6.92 Å². The third-order valence-electron chi connectivity index (χ3n) is 5.89. The van der Waals surface area contributed by atoms with Crippen LogP contribution in [0.4, 0.5) is 5.95 Å². The molecule has 1 aliphatic rings. The van der Waals surface area contributed by atoms with Crippen molar-refractivity contribution in [1.82, 2.24) is 34.8 Å². The molecule has 1 fully saturated rings. The van der Waals surface area contributed by atoms with Crippen LogP contribution < -0.4 is 10.6 Å². The number of nitrogens with two attached hydrogens (primary N) is 1. The molecule has 1 saturated heterocycles. The number of rotatable bonds is 7. The van der Waals surface area contributed by atoms with Gasteiger partial charge in [-0.1, -0.05) is 29.8 Å². The number of aromatic nitrogens is 5. The first kappa shape index (κ1) is 23.3. The average molecular weight is 464 g/mol. The van der Waals surface area contributed by atoms with E-state index in [4.69, 9.17) is 10.7 Å². The van der Waals surface area contributed by atoms with Gasteiger partial charge in [-0.3, -0.25) is 19.2 Å². The van der Waals surface area contributed by atoms with E-state index >= 15 is 0 Å². The summed E-state index contributed by atoms with van der Waals surface area (Å²) in [5.41, 5.74) is 9.36. The molecular weight excluding hydrogens is 434 g/mol. The molecule has 0 radical (unpaired) electrons. The Hall–Kier alpha value is -3.86. The molecule has 11 heteroatoms. The first-order chi connectivity index (χ1) is 16.3. The van der Waals surface area contributed by atoms with Crippen LogP contribution in [0.5, 0.6) is 0 Å². The first-order valence-electron chi connectivity index (χ1n) is 11.1. The van der Waals surface area contributed by atoms with E-state index in [0.29, 0.717) is 37.7 Å². The summed E-state index contributed by atoms with van der Waals surface area (Å²) in [7, 11) is 3.38. The molecular formula is C23H29N9O2. The van der Waals surface area contributed by atoms with Crippen molar-refractivity contribution in [3.63, 3.8) is 0 Å². The first-order valence-corrected chi connectivity index (χ1v) is 11.1. The molecule has 2 amide bonds. The third kappa shape index (κ3) is 5.20. The van der Waals surface area contributed by atoms with Gasteiger partial charge in [-0.15, -0.1) is 5.10 Å². The predicted molar refractivity (Wildman–Crippen MR) is 127 cm³/mol. The third-order valence-corrected chi connectivity index (χ3v) is 5.89. The van der Waals surface area contributed by atoms with Crippen LogP contribution in [0.3, 0.4) is 0 Å². The zero-order chi connectivity index (χ0) is 24.2. The van der Waals surface area contributed by atoms with Crippen LogP contribution in [0, 0.1) is 6.92 Å². The number of aryl methyl sites for hydroxylation is 1. The van der Waals surface area contributed by atoms with E-state index in [-0.39, 0.29) is 12.5 Å². The summed E-state index contributed by atoms with van der Waals surface area (Å²) in [6.45, 7) is 4.57. The maximum atomic E-state index is 12.3. The minimum Gasteiger partial charge on any atom is -0.368 e. The Morgan fingerprint density at radius 2 is 1.79 bits per heavy atom. The summed E-state index contributed by atoms with van der Waals surface area (Å²) >= 11 is 0. The van der Waals surface area contributed by atoms with Gasteiger partial charge in [0.1, 0.15) is 12.6 Å². The fourth-order valence-corrected chi connectivity index (χ4v) is 3.91. The van der Waals surface area contributed by atoms with Crippen molar-refractivity contribution in [3.8, 4) is 11.3 Å². The number of hydrogen-bond acceptors (Lipinski definition) is 8. The van der Waals surface area contributed by atoms with E-state index in [9.17, 15) is 9.59 Å². The van der Waals surface area contributed by atoms with E-state index in [1.165, 1.54) is 15.1 Å². The monoisotopic (exact) mass is 463 g/mol. The minimum atomic E-state index is -0.622. The van der Waals surface area contributed by atoms with Gasteiger partial charge >= 0.3 is 0 Å². The lowest BCUT2D eigenvalue weighted by molar-refractivity contribution is -0.129. The van der Waals surface area contributed by atoms with Crippen molar-refractivity contribution in [1.29, 1.82) is 0 Å². The highest BCUT2D eigenvalue weighted by atomic mass is 16.2. The number of carbonyl (C=O) groups is 2. The van der Waals surface area contributed by atoms with Gasteiger partial charge in [0.25, 0.3) is 0 Å². The van der Waals surface area contributed by atoms with Crippen molar-refractivity contribution in [2.45, 2.75) is 19.5 Å². The summed E-state index contributed by atoms with van der Waals surface area (Å²) < 4.78 is 1.53. The minimum absolute atomic E-state index is 0.0830. The number of likely N-dealkylation sites (N-methyl/N-ethyl adjacent to an activating group) is 1. The summed E-state index contributed by atoms with van der Waals surface area (Å²) in [5, 5.41) is 12.6. The standard InChI is InChI=1S/C23H29N9O2/c1-16-4-6-17(7-5-16)19-13-25-28-23(27-19)31-10-8-30(9-11-31)21(22(24)34)18-12-26-32(14-18)15-20(33)29(2)3/h4-7,12-14,21H,8-11,15H2,1-3H3,(H2,24,34). The zero-order valence-electron chi connectivity index (χ0n) is 19.6. The Labute approximate surface area is 198 Å². The fraction of sp³-hybridized carbons (Fsp3) is 0.391. The van der Waals surface area contributed by atoms with Gasteiger partial charge in [0.15, 0.2) is 0 Å². The van der Waals surface area contributed by atoms with Crippen molar-refractivity contribution in [2.24, 2.45) is 5.73 Å². The van der Waals surface area contributed by atoms with Crippen LogP contribution in [0.1, 0.15) is 17.2 Å². The van der Waals surface area contributed by atoms with Crippen LogP contribution in [0.15, 0.2) is 42.9 Å².